The number of fused-ring (bicyclic) bond motifs is 2. The summed E-state index contributed by atoms with van der Waals surface area (Å²) in [4.78, 5) is 31.9. The smallest absolute Gasteiger partial charge is 0.321 e. The zero-order valence-corrected chi connectivity index (χ0v) is 15.0. The molecule has 0 aliphatic heterocycles. The molecule has 8 nitrogen and oxygen atoms in total. The maximum absolute atomic E-state index is 12.0. The van der Waals surface area contributed by atoms with E-state index in [0.29, 0.717) is 11.1 Å². The lowest BCUT2D eigenvalue weighted by molar-refractivity contribution is -0.117. The second kappa shape index (κ2) is 7.47. The molecule has 1 aromatic heterocycles. The van der Waals surface area contributed by atoms with Gasteiger partial charge in [-0.15, -0.1) is 0 Å². The minimum Gasteiger partial charge on any atom is -0.383 e. The van der Waals surface area contributed by atoms with Crippen LogP contribution >= 0.6 is 11.8 Å². The van der Waals surface area contributed by atoms with Gasteiger partial charge in [0.2, 0.25) is 5.91 Å². The summed E-state index contributed by atoms with van der Waals surface area (Å²) in [5.74, 6) is 2.16. The van der Waals surface area contributed by atoms with Gasteiger partial charge < -0.3 is 16.8 Å². The first-order valence-electron chi connectivity index (χ1n) is 8.54. The normalized spacial score (nSPS) is 25.6. The number of carbonyl (C=O) groups is 2. The molecule has 1 aromatic rings. The van der Waals surface area contributed by atoms with Crippen LogP contribution in [0.4, 0.5) is 16.4 Å². The second-order valence-electron chi connectivity index (χ2n) is 6.94. The molecular weight excluding hydrogens is 340 g/mol. The largest absolute Gasteiger partial charge is 0.383 e. The maximum atomic E-state index is 12.0. The van der Waals surface area contributed by atoms with E-state index in [4.69, 9.17) is 11.5 Å². The van der Waals surface area contributed by atoms with Crippen LogP contribution in [0.2, 0.25) is 0 Å². The number of urea groups is 1. The number of rotatable bonds is 5. The fourth-order valence-electron chi connectivity index (χ4n) is 4.08. The molecule has 0 aromatic carbocycles. The number of amides is 3. The first-order valence-corrected chi connectivity index (χ1v) is 9.52. The van der Waals surface area contributed by atoms with Crippen molar-refractivity contribution in [2.45, 2.75) is 43.8 Å². The fourth-order valence-corrected chi connectivity index (χ4v) is 4.75. The number of hydrogen-bond donors (Lipinski definition) is 4. The fraction of sp³-hybridized carbons (Fsp3) is 0.625. The molecule has 3 amide bonds. The zero-order valence-electron chi connectivity index (χ0n) is 14.2. The number of hydrogen-bond acceptors (Lipinski definition) is 7. The van der Waals surface area contributed by atoms with Gasteiger partial charge in [0.1, 0.15) is 11.6 Å². The summed E-state index contributed by atoms with van der Waals surface area (Å²) >= 11 is 1.08. The van der Waals surface area contributed by atoms with Crippen LogP contribution in [-0.2, 0) is 4.79 Å². The molecule has 2 aliphatic carbocycles. The van der Waals surface area contributed by atoms with Crippen molar-refractivity contribution in [2.24, 2.45) is 17.8 Å². The Hall–Kier alpha value is -2.03. The van der Waals surface area contributed by atoms with Crippen molar-refractivity contribution in [3.63, 3.8) is 0 Å². The molecule has 2 saturated carbocycles. The number of imide groups is 1. The van der Waals surface area contributed by atoms with E-state index in [0.717, 1.165) is 23.6 Å². The van der Waals surface area contributed by atoms with Gasteiger partial charge in [-0.1, -0.05) is 18.2 Å². The first-order chi connectivity index (χ1) is 11.9. The zero-order chi connectivity index (χ0) is 18.0. The molecule has 4 atom stereocenters. The summed E-state index contributed by atoms with van der Waals surface area (Å²) in [6.07, 6.45) is 5.07. The number of nitrogens with one attached hydrogen (secondary N) is 2. The maximum Gasteiger partial charge on any atom is 0.321 e. The summed E-state index contributed by atoms with van der Waals surface area (Å²) < 4.78 is 0. The van der Waals surface area contributed by atoms with Gasteiger partial charge in [-0.3, -0.25) is 10.1 Å². The molecule has 0 saturated heterocycles. The van der Waals surface area contributed by atoms with Crippen molar-refractivity contribution >= 4 is 35.3 Å². The highest BCUT2D eigenvalue weighted by molar-refractivity contribution is 7.99. The molecule has 136 valence electrons. The molecule has 9 heteroatoms. The highest BCUT2D eigenvalue weighted by atomic mass is 32.2. The van der Waals surface area contributed by atoms with Gasteiger partial charge in [-0.25, -0.2) is 14.8 Å². The predicted octanol–water partition coefficient (Wildman–Crippen LogP) is 1.38. The Morgan fingerprint density at radius 1 is 1.28 bits per heavy atom. The molecule has 25 heavy (non-hydrogen) atoms. The lowest BCUT2D eigenvalue weighted by Gasteiger charge is -2.28. The van der Waals surface area contributed by atoms with Crippen LogP contribution in [0.25, 0.3) is 0 Å². The number of nitrogens with zero attached hydrogens (tertiary/aromatic N) is 2. The van der Waals surface area contributed by atoms with Crippen molar-refractivity contribution in [3.8, 4) is 0 Å². The van der Waals surface area contributed by atoms with Gasteiger partial charge in [0.05, 0.1) is 5.75 Å². The van der Waals surface area contributed by atoms with Gasteiger partial charge in [0.25, 0.3) is 0 Å². The Morgan fingerprint density at radius 2 is 2.00 bits per heavy atom. The van der Waals surface area contributed by atoms with E-state index in [1.807, 2.05) is 6.92 Å². The lowest BCUT2D eigenvalue weighted by atomic mass is 9.84. The second-order valence-corrected chi connectivity index (χ2v) is 7.88. The van der Waals surface area contributed by atoms with Crippen molar-refractivity contribution in [2.75, 3.05) is 17.2 Å². The Morgan fingerprint density at radius 3 is 2.60 bits per heavy atom. The third-order valence-electron chi connectivity index (χ3n) is 5.12. The average molecular weight is 364 g/mol. The number of anilines is 2. The highest BCUT2D eigenvalue weighted by Crippen LogP contribution is 2.49. The minimum absolute atomic E-state index is 0.0127. The van der Waals surface area contributed by atoms with Crippen molar-refractivity contribution in [1.29, 1.82) is 0 Å². The number of nitrogens with two attached hydrogens (primary N) is 2. The molecule has 6 N–H and O–H groups in total. The minimum atomic E-state index is -0.450. The van der Waals surface area contributed by atoms with E-state index in [-0.39, 0.29) is 23.4 Å². The van der Waals surface area contributed by atoms with Gasteiger partial charge in [-0.05, 0) is 43.9 Å². The van der Waals surface area contributed by atoms with E-state index < -0.39 is 11.9 Å². The van der Waals surface area contributed by atoms with Gasteiger partial charge in [0.15, 0.2) is 5.16 Å². The Labute approximate surface area is 150 Å². The Balaban J connectivity index is 1.42. The van der Waals surface area contributed by atoms with Crippen LogP contribution in [0, 0.1) is 17.8 Å². The number of aromatic nitrogens is 2. The molecule has 2 bridgehead atoms. The van der Waals surface area contributed by atoms with E-state index in [1.54, 1.807) is 0 Å². The standard InChI is InChI=1S/C16H24N6O2S/c1-8(11-5-9-2-3-10(11)4-9)19-15(24)22-14(23)7-25-16-20-12(17)6-13(18)21-16/h6,8-11H,2-5,7H2,1H3,(H4,17,18,20,21)(H2,19,22,23,24)/t8-,9+,10+,11+/m0/s1. The van der Waals surface area contributed by atoms with Crippen LogP contribution in [0.3, 0.4) is 0 Å². The topological polar surface area (TPSA) is 136 Å². The van der Waals surface area contributed by atoms with E-state index in [9.17, 15) is 9.59 Å². The summed E-state index contributed by atoms with van der Waals surface area (Å²) in [6.45, 7) is 2.02. The number of carbonyl (C=O) groups excluding carboxylic acids is 2. The molecule has 3 rings (SSSR count). The molecule has 0 radical (unpaired) electrons. The number of thioether (sulfide) groups is 1. The van der Waals surface area contributed by atoms with Crippen LogP contribution < -0.4 is 22.1 Å². The van der Waals surface area contributed by atoms with Gasteiger partial charge in [-0.2, -0.15) is 0 Å². The van der Waals surface area contributed by atoms with Crippen molar-refractivity contribution < 1.29 is 9.59 Å². The van der Waals surface area contributed by atoms with E-state index in [2.05, 4.69) is 20.6 Å². The molecule has 2 aliphatic rings. The monoisotopic (exact) mass is 364 g/mol. The van der Waals surface area contributed by atoms with Crippen molar-refractivity contribution in [1.82, 2.24) is 20.6 Å². The van der Waals surface area contributed by atoms with Crippen LogP contribution in [-0.4, -0.2) is 33.7 Å². The highest BCUT2D eigenvalue weighted by Gasteiger charge is 2.42. The first kappa shape index (κ1) is 17.8. The molecule has 1 heterocycles. The Kier molecular flexibility index (Phi) is 5.31. The predicted molar refractivity (Wildman–Crippen MR) is 96.7 cm³/mol. The van der Waals surface area contributed by atoms with Crippen LogP contribution in [0.15, 0.2) is 11.2 Å². The van der Waals surface area contributed by atoms with Crippen molar-refractivity contribution in [3.05, 3.63) is 6.07 Å². The van der Waals surface area contributed by atoms with Gasteiger partial charge in [0, 0.05) is 12.1 Å². The third kappa shape index (κ3) is 4.53. The Bertz CT molecular complexity index is 650. The van der Waals surface area contributed by atoms with Crippen LogP contribution in [0.5, 0.6) is 0 Å². The molecular formula is C16H24N6O2S. The summed E-state index contributed by atoms with van der Waals surface area (Å²) in [5, 5.41) is 5.56. The van der Waals surface area contributed by atoms with E-state index in [1.165, 1.54) is 31.7 Å². The third-order valence-corrected chi connectivity index (χ3v) is 5.97. The SMILES string of the molecule is C[C@H](NC(=O)NC(=O)CSc1nc(N)cc(N)n1)[C@H]1C[C@@H]2CC[C@@H]1C2. The number of nitrogen functional groups attached to an aromatic ring is 2. The summed E-state index contributed by atoms with van der Waals surface area (Å²) in [6, 6.07) is 1.07. The van der Waals surface area contributed by atoms with Crippen LogP contribution in [0.1, 0.15) is 32.6 Å². The van der Waals surface area contributed by atoms with E-state index >= 15 is 0 Å². The quantitative estimate of drug-likeness (QED) is 0.458. The molecule has 0 unspecified atom stereocenters. The summed E-state index contributed by atoms with van der Waals surface area (Å²) in [7, 11) is 0. The average Bonchev–Trinajstić information content (AvgIpc) is 3.15. The van der Waals surface area contributed by atoms with Gasteiger partial charge >= 0.3 is 6.03 Å². The molecule has 2 fully saturated rings. The lowest BCUT2D eigenvalue weighted by Crippen LogP contribution is -2.47. The summed E-state index contributed by atoms with van der Waals surface area (Å²) in [5.41, 5.74) is 11.2. The molecule has 0 spiro atoms.